The van der Waals surface area contributed by atoms with Crippen LogP contribution in [0.4, 0.5) is 15.8 Å². The molecule has 1 aromatic carbocycles. The number of aromatic nitrogens is 2. The molecule has 9 nitrogen and oxygen atoms in total. The Labute approximate surface area is 201 Å². The zero-order chi connectivity index (χ0) is 24.4. The van der Waals surface area contributed by atoms with E-state index in [1.807, 2.05) is 0 Å². The average molecular weight is 480 g/mol. The van der Waals surface area contributed by atoms with E-state index < -0.39 is 0 Å². The van der Waals surface area contributed by atoms with E-state index in [0.29, 0.717) is 46.1 Å². The Morgan fingerprint density at radius 1 is 1.23 bits per heavy atom. The van der Waals surface area contributed by atoms with Crippen LogP contribution in [0.1, 0.15) is 31.2 Å². The Balaban J connectivity index is 1.16. The first-order chi connectivity index (χ1) is 17.0. The number of hydrogen-bond donors (Lipinski definition) is 3. The number of benzene rings is 1. The summed E-state index contributed by atoms with van der Waals surface area (Å²) >= 11 is 0. The average Bonchev–Trinajstić information content (AvgIpc) is 2.88. The first kappa shape index (κ1) is 23.0. The summed E-state index contributed by atoms with van der Waals surface area (Å²) in [6.07, 6.45) is 4.69. The quantitative estimate of drug-likeness (QED) is 0.496. The lowest BCUT2D eigenvalue weighted by atomic mass is 9.85. The fourth-order valence-corrected chi connectivity index (χ4v) is 4.55. The number of halogens is 1. The SMILES string of the molecule is COc1ccc2nccc(NC(=O)C3CCC(NCc4cc5c(cc4F)OCC(=O)N5)CC3)c2n1. The molecule has 3 N–H and O–H groups in total. The van der Waals surface area contributed by atoms with E-state index in [1.165, 1.54) is 6.07 Å². The van der Waals surface area contributed by atoms with Crippen LogP contribution in [0.2, 0.25) is 0 Å². The van der Waals surface area contributed by atoms with E-state index in [-0.39, 0.29) is 36.2 Å². The third kappa shape index (κ3) is 5.02. The molecule has 1 fully saturated rings. The summed E-state index contributed by atoms with van der Waals surface area (Å²) in [4.78, 5) is 33.2. The highest BCUT2D eigenvalue weighted by Crippen LogP contribution is 2.31. The van der Waals surface area contributed by atoms with E-state index in [0.717, 1.165) is 25.7 Å². The molecule has 0 saturated heterocycles. The second-order valence-corrected chi connectivity index (χ2v) is 8.78. The molecule has 1 aliphatic heterocycles. The van der Waals surface area contributed by atoms with E-state index in [9.17, 15) is 14.0 Å². The van der Waals surface area contributed by atoms with Gasteiger partial charge in [-0.3, -0.25) is 14.6 Å². The lowest BCUT2D eigenvalue weighted by molar-refractivity contribution is -0.121. The van der Waals surface area contributed by atoms with Crippen molar-refractivity contribution in [2.75, 3.05) is 24.4 Å². The van der Waals surface area contributed by atoms with Crippen LogP contribution in [0.5, 0.6) is 11.6 Å². The highest BCUT2D eigenvalue weighted by atomic mass is 19.1. The summed E-state index contributed by atoms with van der Waals surface area (Å²) in [6, 6.07) is 8.36. The van der Waals surface area contributed by atoms with Crippen molar-refractivity contribution in [3.8, 4) is 11.6 Å². The standard InChI is InChI=1S/C25H26FN5O4/c1-34-23-7-6-18-24(31-23)19(8-9-27-18)30-25(33)14-2-4-16(5-3-14)28-12-15-10-20-21(11-17(15)26)35-13-22(32)29-20/h6-11,14,16,28H,2-5,12-13H2,1H3,(H,29,32)(H,27,30,33). The summed E-state index contributed by atoms with van der Waals surface area (Å²) in [6.45, 7) is 0.218. The van der Waals surface area contributed by atoms with Crippen molar-refractivity contribution in [1.29, 1.82) is 0 Å². The maximum absolute atomic E-state index is 14.5. The Kier molecular flexibility index (Phi) is 6.45. The van der Waals surface area contributed by atoms with Gasteiger partial charge in [-0.05, 0) is 43.9 Å². The Hall–Kier alpha value is -3.79. The topological polar surface area (TPSA) is 114 Å². The van der Waals surface area contributed by atoms with E-state index >= 15 is 0 Å². The van der Waals surface area contributed by atoms with Gasteiger partial charge in [0.2, 0.25) is 11.8 Å². The third-order valence-electron chi connectivity index (χ3n) is 6.49. The zero-order valence-corrected chi connectivity index (χ0v) is 19.3. The molecule has 0 unspecified atom stereocenters. The third-order valence-corrected chi connectivity index (χ3v) is 6.49. The van der Waals surface area contributed by atoms with Gasteiger partial charge in [0.1, 0.15) is 17.1 Å². The number of pyridine rings is 2. The van der Waals surface area contributed by atoms with Crippen molar-refractivity contribution >= 4 is 34.2 Å². The molecule has 3 heterocycles. The van der Waals surface area contributed by atoms with Crippen LogP contribution >= 0.6 is 0 Å². The number of fused-ring (bicyclic) bond motifs is 2. The van der Waals surface area contributed by atoms with E-state index in [4.69, 9.17) is 9.47 Å². The van der Waals surface area contributed by atoms with Crippen molar-refractivity contribution in [2.24, 2.45) is 5.92 Å². The molecule has 2 aromatic heterocycles. The van der Waals surface area contributed by atoms with Crippen LogP contribution in [0.25, 0.3) is 11.0 Å². The Morgan fingerprint density at radius 2 is 2.06 bits per heavy atom. The van der Waals surface area contributed by atoms with Crippen LogP contribution in [0.15, 0.2) is 36.5 Å². The second-order valence-electron chi connectivity index (χ2n) is 8.78. The number of anilines is 2. The molecule has 1 aliphatic carbocycles. The van der Waals surface area contributed by atoms with Gasteiger partial charge >= 0.3 is 0 Å². The van der Waals surface area contributed by atoms with E-state index in [1.54, 1.807) is 37.6 Å². The number of methoxy groups -OCH3 is 1. The molecule has 0 spiro atoms. The Morgan fingerprint density at radius 3 is 2.86 bits per heavy atom. The lowest BCUT2D eigenvalue weighted by Gasteiger charge is -2.29. The molecule has 3 aromatic rings. The first-order valence-electron chi connectivity index (χ1n) is 11.6. The maximum atomic E-state index is 14.5. The molecule has 182 valence electrons. The van der Waals surface area contributed by atoms with Gasteiger partial charge < -0.3 is 25.4 Å². The Bertz CT molecular complexity index is 1280. The number of ether oxygens (including phenoxy) is 2. The first-order valence-corrected chi connectivity index (χ1v) is 11.6. The summed E-state index contributed by atoms with van der Waals surface area (Å²) in [5.74, 6) is 0.00202. The fraction of sp³-hybridized carbons (Fsp3) is 0.360. The molecule has 35 heavy (non-hydrogen) atoms. The lowest BCUT2D eigenvalue weighted by Crippen LogP contribution is -2.36. The number of amides is 2. The minimum absolute atomic E-state index is 0.0444. The summed E-state index contributed by atoms with van der Waals surface area (Å²) < 4.78 is 24.9. The molecule has 0 atom stereocenters. The number of carbonyl (C=O) groups is 2. The predicted molar refractivity (Wildman–Crippen MR) is 128 cm³/mol. The zero-order valence-electron chi connectivity index (χ0n) is 19.3. The van der Waals surface area contributed by atoms with Gasteiger partial charge in [-0.2, -0.15) is 0 Å². The second kappa shape index (κ2) is 9.83. The maximum Gasteiger partial charge on any atom is 0.262 e. The molecular weight excluding hydrogens is 453 g/mol. The van der Waals surface area contributed by atoms with Crippen LogP contribution < -0.4 is 25.4 Å². The van der Waals surface area contributed by atoms with Crippen molar-refractivity contribution in [1.82, 2.24) is 15.3 Å². The largest absolute Gasteiger partial charge is 0.481 e. The van der Waals surface area contributed by atoms with Crippen LogP contribution in [0, 0.1) is 11.7 Å². The minimum atomic E-state index is -0.379. The minimum Gasteiger partial charge on any atom is -0.481 e. The van der Waals surface area contributed by atoms with Gasteiger partial charge in [0, 0.05) is 42.4 Å². The number of nitrogens with one attached hydrogen (secondary N) is 3. The van der Waals surface area contributed by atoms with Gasteiger partial charge in [-0.15, -0.1) is 0 Å². The smallest absolute Gasteiger partial charge is 0.262 e. The van der Waals surface area contributed by atoms with Gasteiger partial charge in [-0.1, -0.05) is 0 Å². The molecule has 5 rings (SSSR count). The summed E-state index contributed by atoms with van der Waals surface area (Å²) in [5, 5.41) is 9.09. The fourth-order valence-electron chi connectivity index (χ4n) is 4.55. The van der Waals surface area contributed by atoms with Crippen LogP contribution in [-0.4, -0.2) is 41.5 Å². The molecule has 2 amide bonds. The molecule has 2 aliphatic rings. The van der Waals surface area contributed by atoms with Crippen molar-refractivity contribution in [2.45, 2.75) is 38.3 Å². The van der Waals surface area contributed by atoms with Crippen LogP contribution in [-0.2, 0) is 16.1 Å². The number of nitrogens with zero attached hydrogens (tertiary/aromatic N) is 2. The summed E-state index contributed by atoms with van der Waals surface area (Å²) in [7, 11) is 1.54. The molecule has 0 bridgehead atoms. The highest BCUT2D eigenvalue weighted by Gasteiger charge is 2.27. The van der Waals surface area contributed by atoms with Crippen LogP contribution in [0.3, 0.4) is 0 Å². The summed E-state index contributed by atoms with van der Waals surface area (Å²) in [5.41, 5.74) is 2.82. The number of hydrogen-bond acceptors (Lipinski definition) is 7. The number of carbonyl (C=O) groups excluding carboxylic acids is 2. The van der Waals surface area contributed by atoms with Gasteiger partial charge in [0.15, 0.2) is 6.61 Å². The van der Waals surface area contributed by atoms with Crippen molar-refractivity contribution in [3.63, 3.8) is 0 Å². The molecule has 10 heteroatoms. The van der Waals surface area contributed by atoms with Gasteiger partial charge in [0.25, 0.3) is 5.91 Å². The van der Waals surface area contributed by atoms with E-state index in [2.05, 4.69) is 25.9 Å². The van der Waals surface area contributed by atoms with Crippen molar-refractivity contribution < 1.29 is 23.5 Å². The van der Waals surface area contributed by atoms with Gasteiger partial charge in [-0.25, -0.2) is 9.37 Å². The number of rotatable bonds is 6. The molecule has 0 radical (unpaired) electrons. The molecule has 1 saturated carbocycles. The van der Waals surface area contributed by atoms with Crippen molar-refractivity contribution in [3.05, 3.63) is 47.9 Å². The predicted octanol–water partition coefficient (Wildman–Crippen LogP) is 3.40. The monoisotopic (exact) mass is 479 g/mol. The normalized spacial score (nSPS) is 19.4. The van der Waals surface area contributed by atoms with Gasteiger partial charge in [0.05, 0.1) is 24.0 Å². The molecular formula is C25H26FN5O4. The highest BCUT2D eigenvalue weighted by molar-refractivity contribution is 6.00.